The van der Waals surface area contributed by atoms with Crippen LogP contribution in [0.3, 0.4) is 0 Å². The van der Waals surface area contributed by atoms with E-state index in [0.29, 0.717) is 0 Å². The number of Topliss-reactive ketones (excluding diaryl/α,β-unsaturated/α-hetero) is 1. The summed E-state index contributed by atoms with van der Waals surface area (Å²) >= 11 is 5.72. The van der Waals surface area contributed by atoms with E-state index in [0.717, 1.165) is 12.1 Å². The number of rotatable bonds is 6. The van der Waals surface area contributed by atoms with Gasteiger partial charge in [0.15, 0.2) is 12.4 Å². The molecule has 0 saturated carbocycles. The molecule has 0 aliphatic carbocycles. The van der Waals surface area contributed by atoms with Gasteiger partial charge < -0.3 is 9.47 Å². The second kappa shape index (κ2) is 7.46. The maximum absolute atomic E-state index is 13.7. The molecule has 0 bridgehead atoms. The zero-order valence-corrected chi connectivity index (χ0v) is 11.4. The van der Waals surface area contributed by atoms with Crippen molar-refractivity contribution in [2.24, 2.45) is 0 Å². The van der Waals surface area contributed by atoms with Gasteiger partial charge in [0.25, 0.3) is 0 Å². The number of ketones is 1. The number of halogens is 2. The van der Waals surface area contributed by atoms with Crippen molar-refractivity contribution in [1.29, 1.82) is 5.26 Å². The molecule has 0 atom stereocenters. The summed E-state index contributed by atoms with van der Waals surface area (Å²) in [6.07, 6.45) is -0.579. The maximum Gasteiger partial charge on any atom is 0.313 e. The molecular formula is C13H11ClFNO4. The third-order valence-electron chi connectivity index (χ3n) is 2.22. The van der Waals surface area contributed by atoms with Crippen molar-refractivity contribution in [3.05, 3.63) is 28.5 Å². The number of hydrogen-bond donors (Lipinski definition) is 0. The third kappa shape index (κ3) is 4.21. The van der Waals surface area contributed by atoms with Gasteiger partial charge in [0, 0.05) is 0 Å². The van der Waals surface area contributed by atoms with Gasteiger partial charge in [0.1, 0.15) is 24.1 Å². The first-order valence-corrected chi connectivity index (χ1v) is 6.05. The number of benzene rings is 1. The highest BCUT2D eigenvalue weighted by Crippen LogP contribution is 2.28. The van der Waals surface area contributed by atoms with Crippen molar-refractivity contribution in [3.8, 4) is 11.8 Å². The summed E-state index contributed by atoms with van der Waals surface area (Å²) in [5.41, 5.74) is -0.338. The molecule has 7 heteroatoms. The van der Waals surface area contributed by atoms with Crippen molar-refractivity contribution in [2.45, 2.75) is 13.3 Å². The Balaban J connectivity index is 2.96. The van der Waals surface area contributed by atoms with Gasteiger partial charge in [-0.25, -0.2) is 4.39 Å². The number of carbonyl (C=O) groups is 2. The summed E-state index contributed by atoms with van der Waals surface area (Å²) in [6, 6.07) is 3.68. The first-order valence-electron chi connectivity index (χ1n) is 5.67. The minimum absolute atomic E-state index is 0.00169. The van der Waals surface area contributed by atoms with Crippen LogP contribution in [0.4, 0.5) is 4.39 Å². The van der Waals surface area contributed by atoms with E-state index in [1.807, 2.05) is 0 Å². The van der Waals surface area contributed by atoms with Crippen molar-refractivity contribution < 1.29 is 23.5 Å². The van der Waals surface area contributed by atoms with E-state index in [2.05, 4.69) is 4.74 Å². The van der Waals surface area contributed by atoms with E-state index >= 15 is 0 Å². The Morgan fingerprint density at radius 3 is 2.75 bits per heavy atom. The van der Waals surface area contributed by atoms with Gasteiger partial charge in [-0.1, -0.05) is 11.6 Å². The first-order chi connectivity index (χ1) is 9.49. The second-order valence-corrected chi connectivity index (χ2v) is 4.02. The van der Waals surface area contributed by atoms with Gasteiger partial charge in [-0.2, -0.15) is 5.26 Å². The Morgan fingerprint density at radius 1 is 1.45 bits per heavy atom. The zero-order chi connectivity index (χ0) is 15.1. The SMILES string of the molecule is CCOC(=O)CC(=O)c1cc(OCC#N)c(Cl)cc1F. The van der Waals surface area contributed by atoms with E-state index in [-0.39, 0.29) is 29.5 Å². The van der Waals surface area contributed by atoms with Crippen LogP contribution in [0.2, 0.25) is 5.02 Å². The highest BCUT2D eigenvalue weighted by Gasteiger charge is 2.19. The topological polar surface area (TPSA) is 76.4 Å². The van der Waals surface area contributed by atoms with Gasteiger partial charge in [0.05, 0.1) is 17.2 Å². The number of ether oxygens (including phenoxy) is 2. The predicted octanol–water partition coefficient (Wildman–Crippen LogP) is 2.52. The Hall–Kier alpha value is -2.13. The van der Waals surface area contributed by atoms with Gasteiger partial charge >= 0.3 is 5.97 Å². The highest BCUT2D eigenvalue weighted by atomic mass is 35.5. The maximum atomic E-state index is 13.7. The summed E-state index contributed by atoms with van der Waals surface area (Å²) in [6.45, 7) is 1.43. The molecule has 0 fully saturated rings. The molecule has 1 aromatic carbocycles. The lowest BCUT2D eigenvalue weighted by Crippen LogP contribution is -2.13. The Labute approximate surface area is 119 Å². The van der Waals surface area contributed by atoms with Crippen LogP contribution in [0.25, 0.3) is 0 Å². The van der Waals surface area contributed by atoms with Gasteiger partial charge in [-0.15, -0.1) is 0 Å². The largest absolute Gasteiger partial charge is 0.477 e. The fourth-order valence-electron chi connectivity index (χ4n) is 1.40. The van der Waals surface area contributed by atoms with Crippen LogP contribution in [0.1, 0.15) is 23.7 Å². The van der Waals surface area contributed by atoms with Crippen LogP contribution in [0.5, 0.6) is 5.75 Å². The van der Waals surface area contributed by atoms with Crippen LogP contribution in [0, 0.1) is 17.1 Å². The summed E-state index contributed by atoms with van der Waals surface area (Å²) < 4.78 is 23.2. The van der Waals surface area contributed by atoms with Crippen molar-refractivity contribution >= 4 is 23.4 Å². The molecule has 1 rings (SSSR count). The molecule has 20 heavy (non-hydrogen) atoms. The number of hydrogen-bond acceptors (Lipinski definition) is 5. The van der Waals surface area contributed by atoms with Crippen LogP contribution < -0.4 is 4.74 Å². The zero-order valence-electron chi connectivity index (χ0n) is 10.6. The lowest BCUT2D eigenvalue weighted by atomic mass is 10.1. The van der Waals surface area contributed by atoms with Crippen molar-refractivity contribution in [2.75, 3.05) is 13.2 Å². The first kappa shape index (κ1) is 15.9. The van der Waals surface area contributed by atoms with Crippen molar-refractivity contribution in [1.82, 2.24) is 0 Å². The molecule has 0 saturated heterocycles. The van der Waals surface area contributed by atoms with Gasteiger partial charge in [-0.3, -0.25) is 9.59 Å². The molecule has 0 N–H and O–H groups in total. The highest BCUT2D eigenvalue weighted by molar-refractivity contribution is 6.32. The fraction of sp³-hybridized carbons (Fsp3) is 0.308. The van der Waals surface area contributed by atoms with E-state index in [4.69, 9.17) is 21.6 Å². The molecule has 0 spiro atoms. The van der Waals surface area contributed by atoms with Gasteiger partial charge in [0.2, 0.25) is 0 Å². The average Bonchev–Trinajstić information content (AvgIpc) is 2.37. The smallest absolute Gasteiger partial charge is 0.313 e. The lowest BCUT2D eigenvalue weighted by molar-refractivity contribution is -0.141. The van der Waals surface area contributed by atoms with Crippen LogP contribution in [-0.2, 0) is 9.53 Å². The normalized spacial score (nSPS) is 9.70. The number of carbonyl (C=O) groups excluding carboxylic acids is 2. The standard InChI is InChI=1S/C13H11ClFNO4/c1-2-19-13(18)7-11(17)8-5-12(20-4-3-16)9(14)6-10(8)15/h5-6H,2,4,7H2,1H3. The predicted molar refractivity (Wildman–Crippen MR) is 68.1 cm³/mol. The Kier molecular flexibility index (Phi) is 5.94. The van der Waals surface area contributed by atoms with Gasteiger partial charge in [-0.05, 0) is 19.1 Å². The average molecular weight is 300 g/mol. The van der Waals surface area contributed by atoms with E-state index in [9.17, 15) is 14.0 Å². The fourth-order valence-corrected chi connectivity index (χ4v) is 1.61. The monoisotopic (exact) mass is 299 g/mol. The third-order valence-corrected chi connectivity index (χ3v) is 2.52. The summed E-state index contributed by atoms with van der Waals surface area (Å²) in [5, 5.41) is 8.34. The molecule has 5 nitrogen and oxygen atoms in total. The quantitative estimate of drug-likeness (QED) is 0.458. The molecule has 0 aliphatic heterocycles. The number of esters is 1. The lowest BCUT2D eigenvalue weighted by Gasteiger charge is -2.08. The Morgan fingerprint density at radius 2 is 2.15 bits per heavy atom. The molecule has 0 radical (unpaired) electrons. The summed E-state index contributed by atoms with van der Waals surface area (Å²) in [7, 11) is 0. The molecule has 1 aromatic rings. The minimum Gasteiger partial charge on any atom is -0.477 e. The second-order valence-electron chi connectivity index (χ2n) is 3.61. The van der Waals surface area contributed by atoms with Crippen LogP contribution in [-0.4, -0.2) is 25.0 Å². The number of nitrogens with zero attached hydrogens (tertiary/aromatic N) is 1. The molecule has 106 valence electrons. The van der Waals surface area contributed by atoms with E-state index in [1.165, 1.54) is 0 Å². The minimum atomic E-state index is -0.867. The molecule has 0 aromatic heterocycles. The molecule has 0 heterocycles. The van der Waals surface area contributed by atoms with E-state index in [1.54, 1.807) is 13.0 Å². The van der Waals surface area contributed by atoms with Crippen molar-refractivity contribution in [3.63, 3.8) is 0 Å². The molecule has 0 amide bonds. The molecule has 0 aliphatic rings. The molecule has 0 unspecified atom stereocenters. The summed E-state index contributed by atoms with van der Waals surface area (Å²) in [5.74, 6) is -2.36. The van der Waals surface area contributed by atoms with Crippen LogP contribution >= 0.6 is 11.6 Å². The Bertz CT molecular complexity index is 568. The number of nitriles is 1. The molecular weight excluding hydrogens is 289 g/mol. The van der Waals surface area contributed by atoms with Crippen LogP contribution in [0.15, 0.2) is 12.1 Å². The summed E-state index contributed by atoms with van der Waals surface area (Å²) in [4.78, 5) is 23.0. The van der Waals surface area contributed by atoms with E-state index < -0.39 is 24.0 Å².